The van der Waals surface area contributed by atoms with Crippen LogP contribution in [0.15, 0.2) is 40.7 Å². The lowest BCUT2D eigenvalue weighted by atomic mass is 9.74. The summed E-state index contributed by atoms with van der Waals surface area (Å²) in [6.45, 7) is 6.73. The van der Waals surface area contributed by atoms with Crippen molar-refractivity contribution in [3.05, 3.63) is 46.3 Å². The van der Waals surface area contributed by atoms with E-state index in [0.717, 1.165) is 36.2 Å². The van der Waals surface area contributed by atoms with Gasteiger partial charge in [0.2, 0.25) is 0 Å². The van der Waals surface area contributed by atoms with Gasteiger partial charge in [-0.05, 0) is 43.9 Å². The molecule has 1 aliphatic carbocycles. The minimum Gasteiger partial charge on any atom is -0.493 e. The summed E-state index contributed by atoms with van der Waals surface area (Å²) < 4.78 is 16.9. The summed E-state index contributed by atoms with van der Waals surface area (Å²) in [4.78, 5) is 28.6. The van der Waals surface area contributed by atoms with Gasteiger partial charge in [0.25, 0.3) is 5.91 Å². The summed E-state index contributed by atoms with van der Waals surface area (Å²) in [6.07, 6.45) is 3.03. The first-order valence-corrected chi connectivity index (χ1v) is 11.5. The number of carbonyl (C=O) groups is 2. The molecule has 1 amide bonds. The van der Waals surface area contributed by atoms with E-state index in [1.54, 1.807) is 7.11 Å². The van der Waals surface area contributed by atoms with E-state index in [1.165, 1.54) is 0 Å². The Morgan fingerprint density at radius 1 is 1.22 bits per heavy atom. The van der Waals surface area contributed by atoms with Crippen LogP contribution < -0.4 is 14.8 Å². The zero-order chi connectivity index (χ0) is 22.7. The first-order chi connectivity index (χ1) is 15.5. The van der Waals surface area contributed by atoms with Crippen molar-refractivity contribution in [1.29, 1.82) is 0 Å². The predicted octanol–water partition coefficient (Wildman–Crippen LogP) is 3.31. The number of nitrogens with one attached hydrogen (secondary N) is 1. The van der Waals surface area contributed by atoms with Gasteiger partial charge in [0.1, 0.15) is 0 Å². The average Bonchev–Trinajstić information content (AvgIpc) is 2.82. The van der Waals surface area contributed by atoms with Crippen molar-refractivity contribution in [2.45, 2.75) is 45.4 Å². The van der Waals surface area contributed by atoms with Gasteiger partial charge in [-0.3, -0.25) is 9.59 Å². The smallest absolute Gasteiger partial charge is 0.252 e. The number of ketones is 1. The highest BCUT2D eigenvalue weighted by Crippen LogP contribution is 2.44. The zero-order valence-corrected chi connectivity index (χ0v) is 19.2. The van der Waals surface area contributed by atoms with E-state index in [1.807, 2.05) is 30.0 Å². The number of Topliss-reactive ketones (excluding diaryl/α,β-unsaturated/α-hetero) is 1. The number of methoxy groups -OCH3 is 1. The molecule has 0 spiro atoms. The maximum atomic E-state index is 13.7. The first-order valence-electron chi connectivity index (χ1n) is 11.5. The van der Waals surface area contributed by atoms with Crippen LogP contribution in [0.25, 0.3) is 0 Å². The van der Waals surface area contributed by atoms with E-state index in [-0.39, 0.29) is 11.7 Å². The Kier molecular flexibility index (Phi) is 6.84. The standard InChI is InChI=1S/C25H32N2O5/c1-4-12-32-20-9-8-17(15-21(20)30-3)23-22(25(29)27-10-13-31-14-11-27)16(2)26-18-6-5-7-19(28)24(18)23/h8-9,15,23,26H,4-7,10-14H2,1-3H3/t23-/m1/s1. The third kappa shape index (κ3) is 4.26. The van der Waals surface area contributed by atoms with Gasteiger partial charge in [-0.15, -0.1) is 0 Å². The third-order valence-electron chi connectivity index (χ3n) is 6.29. The lowest BCUT2D eigenvalue weighted by Gasteiger charge is -2.37. The van der Waals surface area contributed by atoms with Crippen LogP contribution in [0.2, 0.25) is 0 Å². The number of dihydropyridines is 1. The molecule has 172 valence electrons. The Hall–Kier alpha value is -2.80. The van der Waals surface area contributed by atoms with Crippen molar-refractivity contribution in [2.75, 3.05) is 40.0 Å². The number of ether oxygens (including phenoxy) is 3. The molecule has 7 heteroatoms. The van der Waals surface area contributed by atoms with E-state index in [4.69, 9.17) is 14.2 Å². The largest absolute Gasteiger partial charge is 0.493 e. The zero-order valence-electron chi connectivity index (χ0n) is 19.2. The van der Waals surface area contributed by atoms with Crippen LogP contribution in [0.1, 0.15) is 51.0 Å². The Labute approximate surface area is 189 Å². The summed E-state index contributed by atoms with van der Waals surface area (Å²) in [5.41, 5.74) is 3.96. The highest BCUT2D eigenvalue weighted by molar-refractivity contribution is 6.05. The number of rotatable bonds is 6. The molecule has 1 N–H and O–H groups in total. The lowest BCUT2D eigenvalue weighted by molar-refractivity contribution is -0.131. The van der Waals surface area contributed by atoms with Gasteiger partial charge in [0.05, 0.1) is 26.9 Å². The van der Waals surface area contributed by atoms with Gasteiger partial charge in [-0.2, -0.15) is 0 Å². The van der Waals surface area contributed by atoms with Crippen LogP contribution in [0, 0.1) is 0 Å². The molecule has 1 atom stereocenters. The molecule has 0 bridgehead atoms. The fourth-order valence-electron chi connectivity index (χ4n) is 4.73. The van der Waals surface area contributed by atoms with Crippen molar-refractivity contribution in [3.63, 3.8) is 0 Å². The van der Waals surface area contributed by atoms with Crippen LogP contribution in [-0.2, 0) is 14.3 Å². The SMILES string of the molecule is CCCOc1ccc([C@@H]2C(C(=O)N3CCOCC3)=C(C)NC3=C2C(=O)CCC3)cc1OC. The molecule has 0 aromatic heterocycles. The van der Waals surface area contributed by atoms with Gasteiger partial charge in [0, 0.05) is 48.0 Å². The van der Waals surface area contributed by atoms with E-state index < -0.39 is 5.92 Å². The van der Waals surface area contributed by atoms with Crippen molar-refractivity contribution in [3.8, 4) is 11.5 Å². The second-order valence-corrected chi connectivity index (χ2v) is 8.43. The van der Waals surface area contributed by atoms with Gasteiger partial charge in [-0.25, -0.2) is 0 Å². The number of allylic oxidation sites excluding steroid dienone is 3. The quantitative estimate of drug-likeness (QED) is 0.731. The first kappa shape index (κ1) is 22.4. The van der Waals surface area contributed by atoms with E-state index in [9.17, 15) is 9.59 Å². The summed E-state index contributed by atoms with van der Waals surface area (Å²) >= 11 is 0. The molecule has 0 unspecified atom stereocenters. The molecule has 1 fully saturated rings. The molecule has 2 heterocycles. The van der Waals surface area contributed by atoms with Crippen molar-refractivity contribution in [2.24, 2.45) is 0 Å². The lowest BCUT2D eigenvalue weighted by Crippen LogP contribution is -2.44. The highest BCUT2D eigenvalue weighted by Gasteiger charge is 2.40. The summed E-state index contributed by atoms with van der Waals surface area (Å²) in [5, 5.41) is 3.39. The van der Waals surface area contributed by atoms with E-state index >= 15 is 0 Å². The maximum Gasteiger partial charge on any atom is 0.252 e. The minimum atomic E-state index is -0.427. The predicted molar refractivity (Wildman–Crippen MR) is 121 cm³/mol. The van der Waals surface area contributed by atoms with Gasteiger partial charge < -0.3 is 24.4 Å². The monoisotopic (exact) mass is 440 g/mol. The fourth-order valence-corrected chi connectivity index (χ4v) is 4.73. The summed E-state index contributed by atoms with van der Waals surface area (Å²) in [5.74, 6) is 0.907. The van der Waals surface area contributed by atoms with Crippen LogP contribution in [0.5, 0.6) is 11.5 Å². The molecule has 7 nitrogen and oxygen atoms in total. The summed E-state index contributed by atoms with van der Waals surface area (Å²) in [7, 11) is 1.61. The number of carbonyl (C=O) groups excluding carboxylic acids is 2. The van der Waals surface area contributed by atoms with Crippen LogP contribution >= 0.6 is 0 Å². The maximum absolute atomic E-state index is 13.7. The van der Waals surface area contributed by atoms with Gasteiger partial charge in [0.15, 0.2) is 17.3 Å². The van der Waals surface area contributed by atoms with Gasteiger partial charge >= 0.3 is 0 Å². The molecular formula is C25H32N2O5. The van der Waals surface area contributed by atoms with E-state index in [2.05, 4.69) is 12.2 Å². The average molecular weight is 441 g/mol. The molecular weight excluding hydrogens is 408 g/mol. The fraction of sp³-hybridized carbons (Fsp3) is 0.520. The number of benzene rings is 1. The van der Waals surface area contributed by atoms with Crippen molar-refractivity contribution < 1.29 is 23.8 Å². The molecule has 0 radical (unpaired) electrons. The van der Waals surface area contributed by atoms with Crippen molar-refractivity contribution >= 4 is 11.7 Å². The molecule has 1 aromatic carbocycles. The second-order valence-electron chi connectivity index (χ2n) is 8.43. The Morgan fingerprint density at radius 2 is 2.00 bits per heavy atom. The summed E-state index contributed by atoms with van der Waals surface area (Å²) in [6, 6.07) is 5.74. The van der Waals surface area contributed by atoms with Crippen LogP contribution in [0.4, 0.5) is 0 Å². The van der Waals surface area contributed by atoms with E-state index in [0.29, 0.717) is 62.0 Å². The van der Waals surface area contributed by atoms with Crippen LogP contribution in [-0.4, -0.2) is 56.6 Å². The Bertz CT molecular complexity index is 959. The number of morpholine rings is 1. The molecule has 3 aliphatic rings. The molecule has 1 saturated heterocycles. The number of nitrogens with zero attached hydrogens (tertiary/aromatic N) is 1. The molecule has 0 saturated carbocycles. The Balaban J connectivity index is 1.79. The topological polar surface area (TPSA) is 77.1 Å². The second kappa shape index (κ2) is 9.77. The molecule has 4 rings (SSSR count). The third-order valence-corrected chi connectivity index (χ3v) is 6.29. The number of amides is 1. The highest BCUT2D eigenvalue weighted by atomic mass is 16.5. The minimum absolute atomic E-state index is 0.0431. The molecule has 1 aromatic rings. The van der Waals surface area contributed by atoms with Crippen molar-refractivity contribution in [1.82, 2.24) is 10.2 Å². The normalized spacial score (nSPS) is 21.3. The van der Waals surface area contributed by atoms with Crippen LogP contribution in [0.3, 0.4) is 0 Å². The number of hydrogen-bond acceptors (Lipinski definition) is 6. The molecule has 32 heavy (non-hydrogen) atoms. The van der Waals surface area contributed by atoms with Gasteiger partial charge in [-0.1, -0.05) is 13.0 Å². The number of hydrogen-bond donors (Lipinski definition) is 1. The Morgan fingerprint density at radius 3 is 2.72 bits per heavy atom. The molecule has 2 aliphatic heterocycles.